The smallest absolute Gasteiger partial charge is 0.340 e. The fourth-order valence-electron chi connectivity index (χ4n) is 2.63. The molecule has 1 amide bonds. The maximum atomic E-state index is 11.8. The number of anilines is 2. The first-order valence-electron chi connectivity index (χ1n) is 10.7. The zero-order chi connectivity index (χ0) is 24.8. The number of carbonyl (C=O) groups excluding carboxylic acids is 3. The van der Waals surface area contributed by atoms with E-state index in [2.05, 4.69) is 5.32 Å². The number of benzene rings is 2. The van der Waals surface area contributed by atoms with Gasteiger partial charge in [0.2, 0.25) is 5.91 Å². The van der Waals surface area contributed by atoms with E-state index in [1.54, 1.807) is 50.2 Å². The van der Waals surface area contributed by atoms with Gasteiger partial charge in [-0.15, -0.1) is 0 Å². The maximum Gasteiger partial charge on any atom is 0.340 e. The summed E-state index contributed by atoms with van der Waals surface area (Å²) in [6, 6.07) is 9.83. The van der Waals surface area contributed by atoms with Gasteiger partial charge in [0.05, 0.1) is 43.2 Å². The van der Waals surface area contributed by atoms with Crippen LogP contribution in [0.4, 0.5) is 11.4 Å². The number of amides is 1. The van der Waals surface area contributed by atoms with E-state index < -0.39 is 11.9 Å². The molecule has 0 radical (unpaired) electrons. The highest BCUT2D eigenvalue weighted by molar-refractivity contribution is 6.01. The zero-order valence-electron chi connectivity index (χ0n) is 19.7. The molecule has 2 aromatic carbocycles. The fraction of sp³-hybridized carbons (Fsp3) is 0.375. The molecule has 0 aromatic heterocycles. The van der Waals surface area contributed by atoms with Crippen LogP contribution >= 0.6 is 0 Å². The van der Waals surface area contributed by atoms with Gasteiger partial charge in [-0.25, -0.2) is 9.59 Å². The Morgan fingerprint density at radius 3 is 1.73 bits per heavy atom. The van der Waals surface area contributed by atoms with Crippen LogP contribution in [0.2, 0.25) is 0 Å². The molecular formula is C24H32N2O7. The van der Waals surface area contributed by atoms with E-state index >= 15 is 0 Å². The highest BCUT2D eigenvalue weighted by Gasteiger charge is 2.15. The number of nitrogens with two attached hydrogens (primary N) is 1. The average molecular weight is 461 g/mol. The minimum atomic E-state index is -0.484. The predicted molar refractivity (Wildman–Crippen MR) is 126 cm³/mol. The molecule has 0 fully saturated rings. The Labute approximate surface area is 194 Å². The molecule has 3 N–H and O–H groups in total. The van der Waals surface area contributed by atoms with Crippen LogP contribution in [0.15, 0.2) is 36.4 Å². The summed E-state index contributed by atoms with van der Waals surface area (Å²) in [5.41, 5.74) is 7.12. The number of ether oxygens (including phenoxy) is 4. The first-order valence-corrected chi connectivity index (χ1v) is 10.7. The summed E-state index contributed by atoms with van der Waals surface area (Å²) < 4.78 is 20.4. The molecule has 2 rings (SSSR count). The maximum absolute atomic E-state index is 11.8. The monoisotopic (exact) mass is 460 g/mol. The predicted octanol–water partition coefficient (Wildman–Crippen LogP) is 4.06. The minimum Gasteiger partial charge on any atom is -0.494 e. The fourth-order valence-corrected chi connectivity index (χ4v) is 2.63. The largest absolute Gasteiger partial charge is 0.494 e. The van der Waals surface area contributed by atoms with Gasteiger partial charge in [0.25, 0.3) is 0 Å². The summed E-state index contributed by atoms with van der Waals surface area (Å²) >= 11 is 0. The minimum absolute atomic E-state index is 0.246. The standard InChI is InChI=1S/C13H17NO4.C11H15NO3/c1-4-17-10-6-7-12(14-9(3)15)11(8-10)13(16)18-5-2;1-3-14-8-5-6-10(12)9(7-8)11(13)15-4-2/h6-8H,4-5H2,1-3H3,(H,14,15);5-7H,3-4,12H2,1-2H3. The number of nitrogen functional groups attached to an aromatic ring is 1. The summed E-state index contributed by atoms with van der Waals surface area (Å²) in [4.78, 5) is 34.3. The summed E-state index contributed by atoms with van der Waals surface area (Å²) in [5, 5.41) is 2.59. The Hall–Kier alpha value is -3.75. The second-order valence-corrected chi connectivity index (χ2v) is 6.44. The van der Waals surface area contributed by atoms with Crippen molar-refractivity contribution in [2.45, 2.75) is 34.6 Å². The van der Waals surface area contributed by atoms with Crippen molar-refractivity contribution >= 4 is 29.2 Å². The topological polar surface area (TPSA) is 126 Å². The summed E-state index contributed by atoms with van der Waals surface area (Å²) in [6.45, 7) is 10.2. The van der Waals surface area contributed by atoms with Gasteiger partial charge in [0, 0.05) is 12.6 Å². The third-order valence-electron chi connectivity index (χ3n) is 3.94. The zero-order valence-corrected chi connectivity index (χ0v) is 19.7. The van der Waals surface area contributed by atoms with Crippen LogP contribution < -0.4 is 20.5 Å². The second-order valence-electron chi connectivity index (χ2n) is 6.44. The molecule has 180 valence electrons. The number of esters is 2. The molecule has 0 aliphatic rings. The van der Waals surface area contributed by atoms with Crippen molar-refractivity contribution in [3.8, 4) is 11.5 Å². The Balaban J connectivity index is 0.000000335. The lowest BCUT2D eigenvalue weighted by Gasteiger charge is -2.11. The Morgan fingerprint density at radius 1 is 0.758 bits per heavy atom. The molecule has 0 saturated heterocycles. The van der Waals surface area contributed by atoms with Crippen molar-refractivity contribution in [2.75, 3.05) is 37.5 Å². The van der Waals surface area contributed by atoms with Crippen LogP contribution in [-0.4, -0.2) is 44.3 Å². The molecular weight excluding hydrogens is 428 g/mol. The van der Waals surface area contributed by atoms with Gasteiger partial charge in [-0.3, -0.25) is 4.79 Å². The van der Waals surface area contributed by atoms with Gasteiger partial charge in [-0.05, 0) is 64.1 Å². The van der Waals surface area contributed by atoms with Gasteiger partial charge in [0.1, 0.15) is 11.5 Å². The molecule has 9 nitrogen and oxygen atoms in total. The van der Waals surface area contributed by atoms with Gasteiger partial charge < -0.3 is 30.0 Å². The van der Waals surface area contributed by atoms with E-state index in [1.165, 1.54) is 6.92 Å². The van der Waals surface area contributed by atoms with Crippen molar-refractivity contribution in [1.29, 1.82) is 0 Å². The van der Waals surface area contributed by atoms with E-state index in [-0.39, 0.29) is 18.1 Å². The highest BCUT2D eigenvalue weighted by atomic mass is 16.5. The normalized spacial score (nSPS) is 9.73. The molecule has 33 heavy (non-hydrogen) atoms. The quantitative estimate of drug-likeness (QED) is 0.424. The van der Waals surface area contributed by atoms with Crippen molar-refractivity contribution in [3.63, 3.8) is 0 Å². The molecule has 0 bridgehead atoms. The molecule has 0 spiro atoms. The molecule has 9 heteroatoms. The molecule has 0 heterocycles. The van der Waals surface area contributed by atoms with Crippen molar-refractivity contribution < 1.29 is 33.3 Å². The summed E-state index contributed by atoms with van der Waals surface area (Å²) in [5.74, 6) is 0.0356. The summed E-state index contributed by atoms with van der Waals surface area (Å²) in [6.07, 6.45) is 0. The molecule has 0 unspecified atom stereocenters. The van der Waals surface area contributed by atoms with Crippen molar-refractivity contribution in [2.24, 2.45) is 0 Å². The Bertz CT molecular complexity index is 944. The van der Waals surface area contributed by atoms with Crippen LogP contribution in [0.3, 0.4) is 0 Å². The number of hydrogen-bond donors (Lipinski definition) is 2. The van der Waals surface area contributed by atoms with E-state index in [4.69, 9.17) is 24.7 Å². The van der Waals surface area contributed by atoms with Crippen LogP contribution in [-0.2, 0) is 14.3 Å². The van der Waals surface area contributed by atoms with Gasteiger partial charge in [-0.1, -0.05) is 0 Å². The first kappa shape index (κ1) is 27.3. The van der Waals surface area contributed by atoms with Crippen LogP contribution in [0.25, 0.3) is 0 Å². The van der Waals surface area contributed by atoms with E-state index in [0.29, 0.717) is 48.3 Å². The van der Waals surface area contributed by atoms with Gasteiger partial charge in [-0.2, -0.15) is 0 Å². The van der Waals surface area contributed by atoms with Crippen molar-refractivity contribution in [3.05, 3.63) is 47.5 Å². The lowest BCUT2D eigenvalue weighted by Crippen LogP contribution is -2.13. The van der Waals surface area contributed by atoms with Gasteiger partial charge >= 0.3 is 11.9 Å². The number of rotatable bonds is 9. The number of nitrogens with one attached hydrogen (secondary N) is 1. The van der Waals surface area contributed by atoms with Crippen LogP contribution in [0.5, 0.6) is 11.5 Å². The molecule has 0 aliphatic carbocycles. The number of carbonyl (C=O) groups is 3. The Morgan fingerprint density at radius 2 is 1.24 bits per heavy atom. The van der Waals surface area contributed by atoms with E-state index in [9.17, 15) is 14.4 Å². The second kappa shape index (κ2) is 14.3. The van der Waals surface area contributed by atoms with Crippen LogP contribution in [0, 0.1) is 0 Å². The lowest BCUT2D eigenvalue weighted by atomic mass is 10.1. The average Bonchev–Trinajstić information content (AvgIpc) is 2.77. The first-order chi connectivity index (χ1) is 15.8. The van der Waals surface area contributed by atoms with Crippen LogP contribution in [0.1, 0.15) is 55.3 Å². The SMILES string of the molecule is CCOC(=O)c1cc(OCC)ccc1N.CCOC(=O)c1cc(OCC)ccc1NC(C)=O. The lowest BCUT2D eigenvalue weighted by molar-refractivity contribution is -0.114. The molecule has 0 saturated carbocycles. The molecule has 2 aromatic rings. The van der Waals surface area contributed by atoms with E-state index in [0.717, 1.165) is 0 Å². The number of hydrogen-bond acceptors (Lipinski definition) is 8. The third kappa shape index (κ3) is 9.10. The third-order valence-corrected chi connectivity index (χ3v) is 3.94. The summed E-state index contributed by atoms with van der Waals surface area (Å²) in [7, 11) is 0. The highest BCUT2D eigenvalue weighted by Crippen LogP contribution is 2.23. The van der Waals surface area contributed by atoms with E-state index in [1.807, 2.05) is 13.8 Å². The van der Waals surface area contributed by atoms with Gasteiger partial charge in [0.15, 0.2) is 0 Å². The Kier molecular flexibility index (Phi) is 11.9. The molecule has 0 atom stereocenters. The molecule has 0 aliphatic heterocycles. The van der Waals surface area contributed by atoms with Crippen molar-refractivity contribution in [1.82, 2.24) is 0 Å².